The van der Waals surface area contributed by atoms with Crippen LogP contribution >= 0.6 is 0 Å². The Morgan fingerprint density at radius 1 is 1.57 bits per heavy atom. The molecular weight excluding hydrogens is 176 g/mol. The molecule has 1 fully saturated rings. The summed E-state index contributed by atoms with van der Waals surface area (Å²) in [6.45, 7) is 4.97. The van der Waals surface area contributed by atoms with Crippen LogP contribution in [0.3, 0.4) is 0 Å². The predicted octanol–water partition coefficient (Wildman–Crippen LogP) is 1.99. The lowest BCUT2D eigenvalue weighted by Gasteiger charge is -2.20. The number of hydrogen-bond donors (Lipinski definition) is 0. The molecule has 2 aliphatic rings. The Morgan fingerprint density at radius 3 is 3.00 bits per heavy atom. The highest BCUT2D eigenvalue weighted by Gasteiger charge is 2.41. The zero-order valence-electron chi connectivity index (χ0n) is 8.69. The third-order valence-electron chi connectivity index (χ3n) is 2.94. The van der Waals surface area contributed by atoms with Crippen LogP contribution in [0.15, 0.2) is 17.7 Å². The second-order valence-electron chi connectivity index (χ2n) is 4.60. The van der Waals surface area contributed by atoms with Gasteiger partial charge in [-0.05, 0) is 12.3 Å². The van der Waals surface area contributed by atoms with Gasteiger partial charge in [0, 0.05) is 24.0 Å². The van der Waals surface area contributed by atoms with Crippen molar-refractivity contribution >= 4 is 5.94 Å². The highest BCUT2D eigenvalue weighted by atomic mass is 16.5. The quantitative estimate of drug-likeness (QED) is 0.505. The van der Waals surface area contributed by atoms with Crippen molar-refractivity contribution in [2.75, 3.05) is 6.61 Å². The van der Waals surface area contributed by atoms with E-state index in [9.17, 15) is 4.79 Å². The lowest BCUT2D eigenvalue weighted by Crippen LogP contribution is -2.23. The standard InChI is InChI=1S/C12H16O2/c1-8(2)7-14-12-10-4-3-9(5-10)11(12)6-13/h3-4,8-10,12H,5,7H2,1-2H3. The normalized spacial score (nSPS) is 34.2. The van der Waals surface area contributed by atoms with Crippen LogP contribution in [0, 0.1) is 17.8 Å². The van der Waals surface area contributed by atoms with E-state index in [-0.39, 0.29) is 6.10 Å². The van der Waals surface area contributed by atoms with Gasteiger partial charge in [-0.2, -0.15) is 0 Å². The maximum absolute atomic E-state index is 10.8. The molecule has 0 aromatic rings. The van der Waals surface area contributed by atoms with Gasteiger partial charge < -0.3 is 4.74 Å². The van der Waals surface area contributed by atoms with Crippen LogP contribution in [0.2, 0.25) is 0 Å². The first-order valence-electron chi connectivity index (χ1n) is 5.27. The average molecular weight is 192 g/mol. The van der Waals surface area contributed by atoms with Crippen LogP contribution in [-0.2, 0) is 9.53 Å². The number of rotatable bonds is 3. The maximum Gasteiger partial charge on any atom is 0.126 e. The van der Waals surface area contributed by atoms with Gasteiger partial charge in [0.05, 0.1) is 6.10 Å². The molecule has 2 nitrogen and oxygen atoms in total. The molecule has 0 spiro atoms. The first kappa shape index (κ1) is 9.70. The van der Waals surface area contributed by atoms with Crippen LogP contribution in [0.4, 0.5) is 0 Å². The zero-order valence-corrected chi connectivity index (χ0v) is 8.69. The molecule has 0 aliphatic heterocycles. The molecule has 2 heteroatoms. The second-order valence-corrected chi connectivity index (χ2v) is 4.60. The molecule has 3 unspecified atom stereocenters. The largest absolute Gasteiger partial charge is 0.372 e. The summed E-state index contributed by atoms with van der Waals surface area (Å²) in [7, 11) is 0. The van der Waals surface area contributed by atoms with E-state index in [4.69, 9.17) is 4.74 Å². The number of hydrogen-bond acceptors (Lipinski definition) is 2. The molecule has 0 aromatic heterocycles. The minimum absolute atomic E-state index is 0.0184. The van der Waals surface area contributed by atoms with Crippen molar-refractivity contribution in [3.8, 4) is 0 Å². The Morgan fingerprint density at radius 2 is 2.36 bits per heavy atom. The van der Waals surface area contributed by atoms with Gasteiger partial charge in [-0.3, -0.25) is 0 Å². The van der Waals surface area contributed by atoms with Crippen LogP contribution in [0.5, 0.6) is 0 Å². The first-order valence-corrected chi connectivity index (χ1v) is 5.27. The summed E-state index contributed by atoms with van der Waals surface area (Å²) < 4.78 is 5.75. The monoisotopic (exact) mass is 192 g/mol. The van der Waals surface area contributed by atoms with Gasteiger partial charge in [-0.15, -0.1) is 0 Å². The van der Waals surface area contributed by atoms with E-state index in [0.29, 0.717) is 17.8 Å². The van der Waals surface area contributed by atoms with Crippen molar-refractivity contribution in [1.82, 2.24) is 0 Å². The second kappa shape index (κ2) is 3.72. The summed E-state index contributed by atoms with van der Waals surface area (Å²) in [6.07, 6.45) is 5.36. The highest BCUT2D eigenvalue weighted by Crippen LogP contribution is 2.43. The van der Waals surface area contributed by atoms with E-state index in [2.05, 4.69) is 31.9 Å². The molecule has 0 N–H and O–H groups in total. The number of fused-ring (bicyclic) bond motifs is 2. The Bertz CT molecular complexity index is 297. The third-order valence-corrected chi connectivity index (χ3v) is 2.94. The number of allylic oxidation sites excluding steroid dienone is 1. The summed E-state index contributed by atoms with van der Waals surface area (Å²) >= 11 is 0. The molecule has 76 valence electrons. The van der Waals surface area contributed by atoms with E-state index in [1.165, 1.54) is 0 Å². The van der Waals surface area contributed by atoms with Gasteiger partial charge in [0.15, 0.2) is 0 Å². The van der Waals surface area contributed by atoms with Crippen molar-refractivity contribution in [1.29, 1.82) is 0 Å². The summed E-state index contributed by atoms with van der Waals surface area (Å²) in [5.41, 5.74) is 0.832. The molecule has 2 rings (SSSR count). The summed E-state index contributed by atoms with van der Waals surface area (Å²) in [6, 6.07) is 0. The minimum atomic E-state index is 0.0184. The van der Waals surface area contributed by atoms with Crippen LogP contribution in [0.1, 0.15) is 20.3 Å². The van der Waals surface area contributed by atoms with Gasteiger partial charge in [-0.1, -0.05) is 26.0 Å². The lowest BCUT2D eigenvalue weighted by atomic mass is 9.99. The van der Waals surface area contributed by atoms with Crippen molar-refractivity contribution < 1.29 is 9.53 Å². The molecule has 14 heavy (non-hydrogen) atoms. The van der Waals surface area contributed by atoms with Gasteiger partial charge in [0.1, 0.15) is 5.94 Å². The fraction of sp³-hybridized carbons (Fsp3) is 0.667. The molecule has 0 amide bonds. The fourth-order valence-electron chi connectivity index (χ4n) is 2.27. The molecule has 0 heterocycles. The van der Waals surface area contributed by atoms with Crippen LogP contribution in [0.25, 0.3) is 0 Å². The Balaban J connectivity index is 2.05. The van der Waals surface area contributed by atoms with Gasteiger partial charge in [0.25, 0.3) is 0 Å². The van der Waals surface area contributed by atoms with E-state index >= 15 is 0 Å². The molecule has 0 radical (unpaired) electrons. The van der Waals surface area contributed by atoms with Crippen molar-refractivity contribution in [2.24, 2.45) is 17.8 Å². The maximum atomic E-state index is 10.8. The van der Waals surface area contributed by atoms with Crippen LogP contribution < -0.4 is 0 Å². The first-order chi connectivity index (χ1) is 6.72. The molecule has 2 bridgehead atoms. The molecule has 3 atom stereocenters. The number of ether oxygens (including phenoxy) is 1. The summed E-state index contributed by atoms with van der Waals surface area (Å²) in [5.74, 6) is 3.32. The van der Waals surface area contributed by atoms with E-state index in [1.807, 2.05) is 0 Å². The van der Waals surface area contributed by atoms with Crippen LogP contribution in [-0.4, -0.2) is 18.7 Å². The highest BCUT2D eigenvalue weighted by molar-refractivity contribution is 5.59. The zero-order chi connectivity index (χ0) is 10.1. The topological polar surface area (TPSA) is 26.3 Å². The Labute approximate surface area is 84.6 Å². The van der Waals surface area contributed by atoms with E-state index in [0.717, 1.165) is 18.6 Å². The Kier molecular flexibility index (Phi) is 2.58. The SMILES string of the molecule is CC(C)COC1C(=C=O)C2C=CC1C2. The summed E-state index contributed by atoms with van der Waals surface area (Å²) in [4.78, 5) is 10.8. The Hall–Kier alpha value is -0.850. The molecule has 1 saturated carbocycles. The van der Waals surface area contributed by atoms with Crippen molar-refractivity contribution in [3.63, 3.8) is 0 Å². The smallest absolute Gasteiger partial charge is 0.126 e. The number of carbonyl (C=O) groups excluding carboxylic acids is 1. The molecule has 0 aromatic carbocycles. The average Bonchev–Trinajstić information content (AvgIpc) is 2.72. The van der Waals surface area contributed by atoms with Crippen molar-refractivity contribution in [2.45, 2.75) is 26.4 Å². The minimum Gasteiger partial charge on any atom is -0.372 e. The summed E-state index contributed by atoms with van der Waals surface area (Å²) in [5, 5.41) is 0. The van der Waals surface area contributed by atoms with Gasteiger partial charge in [-0.25, -0.2) is 4.79 Å². The van der Waals surface area contributed by atoms with Gasteiger partial charge >= 0.3 is 0 Å². The molecule has 0 saturated heterocycles. The fourth-order valence-corrected chi connectivity index (χ4v) is 2.27. The predicted molar refractivity (Wildman–Crippen MR) is 54.5 cm³/mol. The van der Waals surface area contributed by atoms with E-state index < -0.39 is 0 Å². The molecule has 2 aliphatic carbocycles. The van der Waals surface area contributed by atoms with Gasteiger partial charge in [0.2, 0.25) is 0 Å². The lowest BCUT2D eigenvalue weighted by molar-refractivity contribution is 0.0445. The third kappa shape index (κ3) is 1.56. The van der Waals surface area contributed by atoms with Crippen molar-refractivity contribution in [3.05, 3.63) is 17.7 Å². The van der Waals surface area contributed by atoms with E-state index in [1.54, 1.807) is 0 Å². The molecular formula is C12H16O2.